The first kappa shape index (κ1) is 15.8. The second-order valence-corrected chi connectivity index (χ2v) is 4.95. The molecule has 19 heavy (non-hydrogen) atoms. The zero-order chi connectivity index (χ0) is 14.1. The lowest BCUT2D eigenvalue weighted by atomic mass is 10.2. The fourth-order valence-corrected chi connectivity index (χ4v) is 1.96. The number of nitrogens with two attached hydrogens (primary N) is 1. The zero-order valence-electron chi connectivity index (χ0n) is 12.0. The summed E-state index contributed by atoms with van der Waals surface area (Å²) in [6.07, 6.45) is 1.78. The molecule has 108 valence electrons. The quantitative estimate of drug-likeness (QED) is 0.531. The standard InChI is InChI=1S/C15H26N2O2/c1-13(2)17(9-5-11-18)10-6-12-19-15-8-4-3-7-14(15)16/h3-4,7-8,13,18H,5-6,9-12,16H2,1-2H3. The number of anilines is 1. The summed E-state index contributed by atoms with van der Waals surface area (Å²) in [5.41, 5.74) is 6.50. The minimum absolute atomic E-state index is 0.250. The minimum atomic E-state index is 0.250. The Morgan fingerprint density at radius 2 is 1.89 bits per heavy atom. The van der Waals surface area contributed by atoms with Crippen molar-refractivity contribution in [2.75, 3.05) is 32.0 Å². The average molecular weight is 266 g/mol. The van der Waals surface area contributed by atoms with E-state index in [1.165, 1.54) is 0 Å². The van der Waals surface area contributed by atoms with Crippen molar-refractivity contribution in [2.24, 2.45) is 0 Å². The molecule has 4 nitrogen and oxygen atoms in total. The largest absolute Gasteiger partial charge is 0.491 e. The van der Waals surface area contributed by atoms with Gasteiger partial charge in [-0.05, 0) is 38.8 Å². The topological polar surface area (TPSA) is 58.7 Å². The molecule has 0 aliphatic rings. The molecule has 0 amide bonds. The van der Waals surface area contributed by atoms with Crippen LogP contribution in [0.5, 0.6) is 5.75 Å². The zero-order valence-corrected chi connectivity index (χ0v) is 12.0. The third kappa shape index (κ3) is 5.94. The molecule has 0 atom stereocenters. The summed E-state index contributed by atoms with van der Waals surface area (Å²) in [7, 11) is 0. The molecule has 0 saturated carbocycles. The van der Waals surface area contributed by atoms with E-state index in [0.717, 1.165) is 31.7 Å². The first-order chi connectivity index (χ1) is 9.15. The molecule has 0 saturated heterocycles. The van der Waals surface area contributed by atoms with Crippen molar-refractivity contribution in [2.45, 2.75) is 32.7 Å². The highest BCUT2D eigenvalue weighted by atomic mass is 16.5. The van der Waals surface area contributed by atoms with Gasteiger partial charge in [0.2, 0.25) is 0 Å². The van der Waals surface area contributed by atoms with Crippen LogP contribution in [0.2, 0.25) is 0 Å². The fourth-order valence-electron chi connectivity index (χ4n) is 1.96. The highest BCUT2D eigenvalue weighted by molar-refractivity contribution is 5.51. The molecule has 0 fully saturated rings. The summed E-state index contributed by atoms with van der Waals surface area (Å²) < 4.78 is 5.67. The van der Waals surface area contributed by atoms with Crippen molar-refractivity contribution in [3.8, 4) is 5.75 Å². The first-order valence-electron chi connectivity index (χ1n) is 6.97. The lowest BCUT2D eigenvalue weighted by molar-refractivity contribution is 0.177. The van der Waals surface area contributed by atoms with E-state index in [1.54, 1.807) is 0 Å². The molecule has 0 spiro atoms. The van der Waals surface area contributed by atoms with Crippen LogP contribution in [-0.4, -0.2) is 42.4 Å². The second-order valence-electron chi connectivity index (χ2n) is 4.95. The Morgan fingerprint density at radius 3 is 2.53 bits per heavy atom. The van der Waals surface area contributed by atoms with Gasteiger partial charge in [-0.25, -0.2) is 0 Å². The average Bonchev–Trinajstić information content (AvgIpc) is 2.39. The molecule has 1 rings (SSSR count). The van der Waals surface area contributed by atoms with Crippen LogP contribution < -0.4 is 10.5 Å². The van der Waals surface area contributed by atoms with Gasteiger partial charge in [0.1, 0.15) is 5.75 Å². The van der Waals surface area contributed by atoms with Crippen LogP contribution in [0.4, 0.5) is 5.69 Å². The van der Waals surface area contributed by atoms with E-state index in [4.69, 9.17) is 15.6 Å². The number of benzene rings is 1. The number of aliphatic hydroxyl groups excluding tert-OH is 1. The molecule has 1 aromatic carbocycles. The second kappa shape index (κ2) is 8.77. The molecule has 4 heteroatoms. The first-order valence-corrected chi connectivity index (χ1v) is 6.97. The Bertz CT molecular complexity index is 356. The van der Waals surface area contributed by atoms with Gasteiger partial charge in [0.05, 0.1) is 12.3 Å². The van der Waals surface area contributed by atoms with Gasteiger partial charge in [0.15, 0.2) is 0 Å². The van der Waals surface area contributed by atoms with E-state index in [2.05, 4.69) is 18.7 Å². The molecule has 0 aliphatic heterocycles. The number of hydrogen-bond acceptors (Lipinski definition) is 4. The van der Waals surface area contributed by atoms with Crippen molar-refractivity contribution in [1.29, 1.82) is 0 Å². The van der Waals surface area contributed by atoms with Crippen LogP contribution in [-0.2, 0) is 0 Å². The molecule has 0 aliphatic carbocycles. The summed E-state index contributed by atoms with van der Waals surface area (Å²) >= 11 is 0. The molecule has 0 unspecified atom stereocenters. The maximum Gasteiger partial charge on any atom is 0.142 e. The normalized spacial score (nSPS) is 11.2. The van der Waals surface area contributed by atoms with Crippen molar-refractivity contribution < 1.29 is 9.84 Å². The van der Waals surface area contributed by atoms with E-state index in [9.17, 15) is 0 Å². The summed E-state index contributed by atoms with van der Waals surface area (Å²) in [4.78, 5) is 2.36. The van der Waals surface area contributed by atoms with E-state index >= 15 is 0 Å². The van der Waals surface area contributed by atoms with Crippen LogP contribution in [0.3, 0.4) is 0 Å². The van der Waals surface area contributed by atoms with Crippen LogP contribution in [0.25, 0.3) is 0 Å². The van der Waals surface area contributed by atoms with Gasteiger partial charge in [0, 0.05) is 25.7 Å². The smallest absolute Gasteiger partial charge is 0.142 e. The lowest BCUT2D eigenvalue weighted by Gasteiger charge is -2.26. The van der Waals surface area contributed by atoms with Gasteiger partial charge in [-0.3, -0.25) is 0 Å². The van der Waals surface area contributed by atoms with Gasteiger partial charge in [0.25, 0.3) is 0 Å². The van der Waals surface area contributed by atoms with Gasteiger partial charge in [-0.1, -0.05) is 12.1 Å². The molecule has 0 aromatic heterocycles. The molecular weight excluding hydrogens is 240 g/mol. The number of ether oxygens (including phenoxy) is 1. The van der Waals surface area contributed by atoms with Crippen molar-refractivity contribution in [3.63, 3.8) is 0 Å². The summed E-state index contributed by atoms with van der Waals surface area (Å²) in [5.74, 6) is 0.758. The molecule has 1 aromatic rings. The van der Waals surface area contributed by atoms with E-state index in [0.29, 0.717) is 18.3 Å². The van der Waals surface area contributed by atoms with Gasteiger partial charge >= 0.3 is 0 Å². The maximum absolute atomic E-state index is 8.88. The van der Waals surface area contributed by atoms with Crippen molar-refractivity contribution in [1.82, 2.24) is 4.90 Å². The van der Waals surface area contributed by atoms with E-state index < -0.39 is 0 Å². The lowest BCUT2D eigenvalue weighted by Crippen LogP contribution is -2.33. The molecule has 0 bridgehead atoms. The Hall–Kier alpha value is -1.26. The number of nitrogens with zero attached hydrogens (tertiary/aromatic N) is 1. The third-order valence-electron chi connectivity index (χ3n) is 3.10. The summed E-state index contributed by atoms with van der Waals surface area (Å²) in [5, 5.41) is 8.88. The number of para-hydroxylation sites is 2. The number of aliphatic hydroxyl groups is 1. The summed E-state index contributed by atoms with van der Waals surface area (Å²) in [6, 6.07) is 8.05. The molecule has 0 radical (unpaired) electrons. The molecule has 0 heterocycles. The maximum atomic E-state index is 8.88. The fraction of sp³-hybridized carbons (Fsp3) is 0.600. The number of rotatable bonds is 9. The predicted molar refractivity (Wildman–Crippen MR) is 79.4 cm³/mol. The monoisotopic (exact) mass is 266 g/mol. The Kier molecular flexibility index (Phi) is 7.30. The van der Waals surface area contributed by atoms with Crippen LogP contribution in [0.1, 0.15) is 26.7 Å². The third-order valence-corrected chi connectivity index (χ3v) is 3.10. The predicted octanol–water partition coefficient (Wildman–Crippen LogP) is 2.13. The van der Waals surface area contributed by atoms with Gasteiger partial charge in [-0.15, -0.1) is 0 Å². The minimum Gasteiger partial charge on any atom is -0.491 e. The molecule has 3 N–H and O–H groups in total. The van der Waals surface area contributed by atoms with Crippen LogP contribution >= 0.6 is 0 Å². The molecular formula is C15H26N2O2. The Balaban J connectivity index is 2.27. The Labute approximate surface area is 116 Å². The summed E-state index contributed by atoms with van der Waals surface area (Å²) in [6.45, 7) is 7.17. The van der Waals surface area contributed by atoms with E-state index in [1.807, 2.05) is 24.3 Å². The number of hydrogen-bond donors (Lipinski definition) is 2. The van der Waals surface area contributed by atoms with Crippen LogP contribution in [0.15, 0.2) is 24.3 Å². The van der Waals surface area contributed by atoms with Crippen molar-refractivity contribution in [3.05, 3.63) is 24.3 Å². The highest BCUT2D eigenvalue weighted by Crippen LogP contribution is 2.19. The van der Waals surface area contributed by atoms with Crippen molar-refractivity contribution >= 4 is 5.69 Å². The highest BCUT2D eigenvalue weighted by Gasteiger charge is 2.08. The number of nitrogen functional groups attached to an aromatic ring is 1. The van der Waals surface area contributed by atoms with E-state index in [-0.39, 0.29) is 6.61 Å². The SMILES string of the molecule is CC(C)N(CCCO)CCCOc1ccccc1N. The van der Waals surface area contributed by atoms with Crippen LogP contribution in [0, 0.1) is 0 Å². The Morgan fingerprint density at radius 1 is 1.21 bits per heavy atom. The van der Waals surface area contributed by atoms with Gasteiger partial charge < -0.3 is 20.5 Å². The van der Waals surface area contributed by atoms with Gasteiger partial charge in [-0.2, -0.15) is 0 Å².